The molecule has 2 rings (SSSR count). The number of phenolic OH excluding ortho intramolecular Hbond substituents is 1. The van der Waals surface area contributed by atoms with Crippen molar-refractivity contribution in [2.45, 2.75) is 20.4 Å². The summed E-state index contributed by atoms with van der Waals surface area (Å²) in [5.74, 6) is 1.26. The van der Waals surface area contributed by atoms with Crippen molar-refractivity contribution < 1.29 is 9.84 Å². The van der Waals surface area contributed by atoms with Gasteiger partial charge in [0.15, 0.2) is 0 Å². The number of hydrogen-bond acceptors (Lipinski definition) is 3. The molecule has 0 bridgehead atoms. The Morgan fingerprint density at radius 1 is 1.05 bits per heavy atom. The first kappa shape index (κ1) is 15.4. The third-order valence-electron chi connectivity index (χ3n) is 3.62. The Balaban J connectivity index is 1.84. The highest BCUT2D eigenvalue weighted by Crippen LogP contribution is 2.22. The predicted octanol–water partition coefficient (Wildman–Crippen LogP) is 3.52. The van der Waals surface area contributed by atoms with Crippen LogP contribution in [0, 0.1) is 13.8 Å². The predicted molar refractivity (Wildman–Crippen MR) is 85.9 cm³/mol. The van der Waals surface area contributed by atoms with Crippen LogP contribution in [0.25, 0.3) is 0 Å². The zero-order valence-electron chi connectivity index (χ0n) is 13.0. The lowest BCUT2D eigenvalue weighted by molar-refractivity contribution is 0.231. The summed E-state index contributed by atoms with van der Waals surface area (Å²) < 4.78 is 5.68. The van der Waals surface area contributed by atoms with Crippen LogP contribution >= 0.6 is 0 Å². The Labute approximate surface area is 126 Å². The molecule has 0 radical (unpaired) electrons. The fraction of sp³-hybridized carbons (Fsp3) is 0.333. The van der Waals surface area contributed by atoms with E-state index in [0.29, 0.717) is 18.9 Å². The number of para-hydroxylation sites is 1. The molecule has 0 amide bonds. The van der Waals surface area contributed by atoms with Crippen LogP contribution in [0.5, 0.6) is 11.5 Å². The summed E-state index contributed by atoms with van der Waals surface area (Å²) in [5.41, 5.74) is 3.28. The molecule has 2 aromatic rings. The number of rotatable bonds is 6. The van der Waals surface area contributed by atoms with Crippen molar-refractivity contribution in [1.82, 2.24) is 4.90 Å². The van der Waals surface area contributed by atoms with E-state index >= 15 is 0 Å². The Kier molecular flexibility index (Phi) is 5.23. The largest absolute Gasteiger partial charge is 0.508 e. The summed E-state index contributed by atoms with van der Waals surface area (Å²) >= 11 is 0. The van der Waals surface area contributed by atoms with Crippen LogP contribution in [0.3, 0.4) is 0 Å². The lowest BCUT2D eigenvalue weighted by Crippen LogP contribution is -2.24. The van der Waals surface area contributed by atoms with Crippen LogP contribution in [-0.2, 0) is 6.54 Å². The van der Waals surface area contributed by atoms with E-state index in [1.165, 1.54) is 5.56 Å². The van der Waals surface area contributed by atoms with Crippen molar-refractivity contribution in [3.05, 3.63) is 59.2 Å². The summed E-state index contributed by atoms with van der Waals surface area (Å²) in [6, 6.07) is 13.7. The van der Waals surface area contributed by atoms with E-state index in [2.05, 4.69) is 17.9 Å². The van der Waals surface area contributed by atoms with E-state index in [4.69, 9.17) is 4.74 Å². The Morgan fingerprint density at radius 3 is 2.43 bits per heavy atom. The van der Waals surface area contributed by atoms with E-state index in [1.807, 2.05) is 50.4 Å². The van der Waals surface area contributed by atoms with Gasteiger partial charge in [0.1, 0.15) is 18.1 Å². The van der Waals surface area contributed by atoms with Crippen LogP contribution in [-0.4, -0.2) is 30.2 Å². The van der Waals surface area contributed by atoms with Gasteiger partial charge in [-0.15, -0.1) is 0 Å². The molecule has 0 heterocycles. The molecule has 0 fully saturated rings. The van der Waals surface area contributed by atoms with Gasteiger partial charge in [-0.1, -0.05) is 24.3 Å². The molecule has 0 saturated heterocycles. The van der Waals surface area contributed by atoms with Crippen molar-refractivity contribution in [3.8, 4) is 11.5 Å². The van der Waals surface area contributed by atoms with Gasteiger partial charge in [0.05, 0.1) is 0 Å². The smallest absolute Gasteiger partial charge is 0.120 e. The molecule has 0 atom stereocenters. The molecular formula is C18H23NO2. The minimum atomic E-state index is 0.369. The third kappa shape index (κ3) is 4.50. The van der Waals surface area contributed by atoms with Crippen LogP contribution in [0.2, 0.25) is 0 Å². The first-order valence-corrected chi connectivity index (χ1v) is 7.22. The third-order valence-corrected chi connectivity index (χ3v) is 3.62. The molecule has 3 heteroatoms. The summed E-state index contributed by atoms with van der Waals surface area (Å²) in [5, 5.41) is 10.0. The minimum absolute atomic E-state index is 0.369. The molecule has 0 aliphatic heterocycles. The van der Waals surface area contributed by atoms with Crippen molar-refractivity contribution in [2.24, 2.45) is 0 Å². The van der Waals surface area contributed by atoms with Crippen LogP contribution in [0.1, 0.15) is 16.7 Å². The number of ether oxygens (including phenoxy) is 1. The maximum absolute atomic E-state index is 10.0. The SMILES string of the molecule is Cc1cc(O)c(CN(C)CCOc2ccccc2)cc1C. The molecule has 2 aromatic carbocycles. The molecule has 0 aromatic heterocycles. The van der Waals surface area contributed by atoms with Crippen LogP contribution in [0.15, 0.2) is 42.5 Å². The summed E-state index contributed by atoms with van der Waals surface area (Å²) in [6.45, 7) is 6.23. The zero-order chi connectivity index (χ0) is 15.2. The number of benzene rings is 2. The zero-order valence-corrected chi connectivity index (χ0v) is 13.0. The van der Waals surface area contributed by atoms with Crippen molar-refractivity contribution in [3.63, 3.8) is 0 Å². The quantitative estimate of drug-likeness (QED) is 0.881. The lowest BCUT2D eigenvalue weighted by atomic mass is 10.0. The topological polar surface area (TPSA) is 32.7 Å². The van der Waals surface area contributed by atoms with E-state index in [-0.39, 0.29) is 0 Å². The molecule has 112 valence electrons. The number of nitrogens with zero attached hydrogens (tertiary/aromatic N) is 1. The second-order valence-corrected chi connectivity index (χ2v) is 5.46. The fourth-order valence-corrected chi connectivity index (χ4v) is 2.19. The lowest BCUT2D eigenvalue weighted by Gasteiger charge is -2.18. The number of likely N-dealkylation sites (N-methyl/N-ethyl adjacent to an activating group) is 1. The first-order valence-electron chi connectivity index (χ1n) is 7.22. The Morgan fingerprint density at radius 2 is 1.71 bits per heavy atom. The van der Waals surface area contributed by atoms with Gasteiger partial charge in [0.25, 0.3) is 0 Å². The highest BCUT2D eigenvalue weighted by molar-refractivity contribution is 5.40. The van der Waals surface area contributed by atoms with Crippen LogP contribution in [0.4, 0.5) is 0 Å². The Bertz CT molecular complexity index is 581. The molecule has 0 aliphatic rings. The molecule has 0 unspecified atom stereocenters. The number of hydrogen-bond donors (Lipinski definition) is 1. The molecule has 1 N–H and O–H groups in total. The van der Waals surface area contributed by atoms with Crippen molar-refractivity contribution >= 4 is 0 Å². The Hall–Kier alpha value is -2.00. The number of phenols is 1. The number of aromatic hydroxyl groups is 1. The molecular weight excluding hydrogens is 262 g/mol. The van der Waals surface area contributed by atoms with Gasteiger partial charge in [-0.2, -0.15) is 0 Å². The maximum atomic E-state index is 10.0. The van der Waals surface area contributed by atoms with Gasteiger partial charge in [-0.3, -0.25) is 4.90 Å². The van der Waals surface area contributed by atoms with Gasteiger partial charge in [-0.25, -0.2) is 0 Å². The normalized spacial score (nSPS) is 10.9. The summed E-state index contributed by atoms with van der Waals surface area (Å²) in [6.07, 6.45) is 0. The minimum Gasteiger partial charge on any atom is -0.508 e. The van der Waals surface area contributed by atoms with Gasteiger partial charge in [0.2, 0.25) is 0 Å². The average molecular weight is 285 g/mol. The molecule has 3 nitrogen and oxygen atoms in total. The summed E-state index contributed by atoms with van der Waals surface area (Å²) in [4.78, 5) is 2.15. The summed E-state index contributed by atoms with van der Waals surface area (Å²) in [7, 11) is 2.03. The van der Waals surface area contributed by atoms with Gasteiger partial charge >= 0.3 is 0 Å². The highest BCUT2D eigenvalue weighted by atomic mass is 16.5. The number of aryl methyl sites for hydroxylation is 2. The van der Waals surface area contributed by atoms with E-state index < -0.39 is 0 Å². The maximum Gasteiger partial charge on any atom is 0.120 e. The van der Waals surface area contributed by atoms with Crippen LogP contribution < -0.4 is 4.74 Å². The highest BCUT2D eigenvalue weighted by Gasteiger charge is 2.07. The monoisotopic (exact) mass is 285 g/mol. The fourth-order valence-electron chi connectivity index (χ4n) is 2.19. The molecule has 0 spiro atoms. The molecule has 0 aliphatic carbocycles. The van der Waals surface area contributed by atoms with Gasteiger partial charge in [0, 0.05) is 18.7 Å². The second kappa shape index (κ2) is 7.14. The van der Waals surface area contributed by atoms with E-state index in [1.54, 1.807) is 0 Å². The first-order chi connectivity index (χ1) is 10.1. The standard InChI is InChI=1S/C18H23NO2/c1-14-11-16(18(20)12-15(14)2)13-19(3)9-10-21-17-7-5-4-6-8-17/h4-8,11-12,20H,9-10,13H2,1-3H3. The van der Waals surface area contributed by atoms with E-state index in [0.717, 1.165) is 23.4 Å². The molecule has 21 heavy (non-hydrogen) atoms. The van der Waals surface area contributed by atoms with Crippen molar-refractivity contribution in [2.75, 3.05) is 20.2 Å². The van der Waals surface area contributed by atoms with Crippen molar-refractivity contribution in [1.29, 1.82) is 0 Å². The van der Waals surface area contributed by atoms with E-state index in [9.17, 15) is 5.11 Å². The molecule has 0 saturated carbocycles. The second-order valence-electron chi connectivity index (χ2n) is 5.46. The average Bonchev–Trinajstić information content (AvgIpc) is 2.46. The van der Waals surface area contributed by atoms with Gasteiger partial charge < -0.3 is 9.84 Å². The van der Waals surface area contributed by atoms with Gasteiger partial charge in [-0.05, 0) is 50.2 Å².